The zero-order valence-corrected chi connectivity index (χ0v) is 15.0. The fraction of sp³-hybridized carbons (Fsp3) is 0.250. The molecule has 2 aromatic rings. The van der Waals surface area contributed by atoms with Crippen LogP contribution in [0.2, 0.25) is 0 Å². The maximum Gasteiger partial charge on any atom is 0.337 e. The molecule has 1 heterocycles. The van der Waals surface area contributed by atoms with Crippen LogP contribution in [0.1, 0.15) is 34.8 Å². The van der Waals surface area contributed by atoms with E-state index >= 15 is 0 Å². The molecular formula is C20H19FN2O4. The Kier molecular flexibility index (Phi) is 4.94. The first-order valence-corrected chi connectivity index (χ1v) is 8.48. The van der Waals surface area contributed by atoms with Crippen LogP contribution in [-0.4, -0.2) is 29.9 Å². The number of halogens is 1. The number of carbonyl (C=O) groups excluding carboxylic acids is 3. The number of hydrogen-bond donors (Lipinski definition) is 1. The Balaban J connectivity index is 1.90. The van der Waals surface area contributed by atoms with E-state index in [1.54, 1.807) is 31.2 Å². The molecule has 1 saturated heterocycles. The monoisotopic (exact) mass is 370 g/mol. The predicted octanol–water partition coefficient (Wildman–Crippen LogP) is 2.97. The average molecular weight is 370 g/mol. The van der Waals surface area contributed by atoms with Crippen LogP contribution in [-0.2, 0) is 21.6 Å². The summed E-state index contributed by atoms with van der Waals surface area (Å²) in [6.45, 7) is 1.79. The lowest BCUT2D eigenvalue weighted by atomic mass is 9.87. The van der Waals surface area contributed by atoms with Crippen LogP contribution in [0.5, 0.6) is 0 Å². The van der Waals surface area contributed by atoms with Crippen molar-refractivity contribution in [1.82, 2.24) is 10.2 Å². The van der Waals surface area contributed by atoms with Crippen LogP contribution in [0.3, 0.4) is 0 Å². The zero-order valence-electron chi connectivity index (χ0n) is 15.0. The van der Waals surface area contributed by atoms with E-state index in [1.165, 1.54) is 31.4 Å². The zero-order chi connectivity index (χ0) is 19.6. The number of ether oxygens (including phenoxy) is 1. The maximum atomic E-state index is 13.3. The first-order chi connectivity index (χ1) is 12.9. The lowest BCUT2D eigenvalue weighted by Crippen LogP contribution is -2.43. The van der Waals surface area contributed by atoms with Gasteiger partial charge in [-0.15, -0.1) is 0 Å². The van der Waals surface area contributed by atoms with Gasteiger partial charge in [0.2, 0.25) is 0 Å². The summed E-state index contributed by atoms with van der Waals surface area (Å²) in [7, 11) is 1.28. The minimum Gasteiger partial charge on any atom is -0.465 e. The van der Waals surface area contributed by atoms with Crippen molar-refractivity contribution in [3.8, 4) is 0 Å². The molecule has 3 rings (SSSR count). The number of urea groups is 1. The van der Waals surface area contributed by atoms with Gasteiger partial charge in [-0.1, -0.05) is 31.2 Å². The molecule has 6 nitrogen and oxygen atoms in total. The van der Waals surface area contributed by atoms with E-state index in [2.05, 4.69) is 5.32 Å². The molecule has 27 heavy (non-hydrogen) atoms. The van der Waals surface area contributed by atoms with Gasteiger partial charge in [-0.2, -0.15) is 0 Å². The summed E-state index contributed by atoms with van der Waals surface area (Å²) in [4.78, 5) is 38.4. The lowest BCUT2D eigenvalue weighted by molar-refractivity contribution is -0.132. The van der Waals surface area contributed by atoms with Crippen molar-refractivity contribution in [2.45, 2.75) is 25.4 Å². The molecule has 0 saturated carbocycles. The van der Waals surface area contributed by atoms with Crippen LogP contribution in [0.25, 0.3) is 0 Å². The number of esters is 1. The molecule has 1 unspecified atom stereocenters. The van der Waals surface area contributed by atoms with E-state index < -0.39 is 29.3 Å². The standard InChI is InChI=1S/C20H19FN2O4/c1-3-20(15-7-9-16(21)10-8-15)18(25)23(19(26)22-20)12-13-5-4-6-14(11-13)17(24)27-2/h4-11H,3,12H2,1-2H3,(H,22,26). The SMILES string of the molecule is CCC1(c2ccc(F)cc2)NC(=O)N(Cc2cccc(C(=O)OC)c2)C1=O. The predicted molar refractivity (Wildman–Crippen MR) is 95.2 cm³/mol. The number of nitrogens with one attached hydrogen (secondary N) is 1. The lowest BCUT2D eigenvalue weighted by Gasteiger charge is -2.25. The molecule has 2 aromatic carbocycles. The van der Waals surface area contributed by atoms with Gasteiger partial charge >= 0.3 is 12.0 Å². The Morgan fingerprint density at radius 3 is 2.52 bits per heavy atom. The second-order valence-corrected chi connectivity index (χ2v) is 6.28. The number of amides is 3. The third-order valence-corrected chi connectivity index (χ3v) is 4.73. The largest absolute Gasteiger partial charge is 0.465 e. The number of carbonyl (C=O) groups is 3. The number of nitrogens with zero attached hydrogens (tertiary/aromatic N) is 1. The molecule has 7 heteroatoms. The molecule has 140 valence electrons. The van der Waals surface area contributed by atoms with E-state index in [9.17, 15) is 18.8 Å². The van der Waals surface area contributed by atoms with Crippen molar-refractivity contribution in [2.75, 3.05) is 7.11 Å². The van der Waals surface area contributed by atoms with Gasteiger partial charge in [0.1, 0.15) is 11.4 Å². The summed E-state index contributed by atoms with van der Waals surface area (Å²) in [5.74, 6) is -1.33. The van der Waals surface area contributed by atoms with Crippen molar-refractivity contribution >= 4 is 17.9 Å². The van der Waals surface area contributed by atoms with E-state index in [0.717, 1.165) is 4.90 Å². The van der Waals surface area contributed by atoms with Crippen molar-refractivity contribution < 1.29 is 23.5 Å². The van der Waals surface area contributed by atoms with Gasteiger partial charge < -0.3 is 10.1 Å². The first kappa shape index (κ1) is 18.6. The molecule has 3 amide bonds. The van der Waals surface area contributed by atoms with Crippen molar-refractivity contribution in [2.24, 2.45) is 0 Å². The summed E-state index contributed by atoms with van der Waals surface area (Å²) in [5.41, 5.74) is 0.246. The van der Waals surface area contributed by atoms with E-state index in [-0.39, 0.29) is 6.54 Å². The highest BCUT2D eigenvalue weighted by molar-refractivity contribution is 6.07. The van der Waals surface area contributed by atoms with Crippen molar-refractivity contribution in [1.29, 1.82) is 0 Å². The Morgan fingerprint density at radius 2 is 1.89 bits per heavy atom. The number of imide groups is 1. The fourth-order valence-electron chi connectivity index (χ4n) is 3.24. The van der Waals surface area contributed by atoms with Crippen molar-refractivity contribution in [3.05, 3.63) is 71.0 Å². The van der Waals surface area contributed by atoms with Gasteiger partial charge in [0.25, 0.3) is 5.91 Å². The Labute approximate surface area is 155 Å². The average Bonchev–Trinajstić information content (AvgIpc) is 2.93. The van der Waals surface area contributed by atoms with Gasteiger partial charge in [-0.3, -0.25) is 9.69 Å². The van der Waals surface area contributed by atoms with Gasteiger partial charge in [-0.25, -0.2) is 14.0 Å². The van der Waals surface area contributed by atoms with Gasteiger partial charge in [0.15, 0.2) is 0 Å². The molecule has 0 aromatic heterocycles. The highest BCUT2D eigenvalue weighted by Gasteiger charge is 2.51. The topological polar surface area (TPSA) is 75.7 Å². The highest BCUT2D eigenvalue weighted by Crippen LogP contribution is 2.33. The smallest absolute Gasteiger partial charge is 0.337 e. The summed E-state index contributed by atoms with van der Waals surface area (Å²) >= 11 is 0. The first-order valence-electron chi connectivity index (χ1n) is 8.48. The van der Waals surface area contributed by atoms with Crippen LogP contribution in [0.15, 0.2) is 48.5 Å². The summed E-state index contributed by atoms with van der Waals surface area (Å²) in [6.07, 6.45) is 0.321. The van der Waals surface area contributed by atoms with E-state index in [1.807, 2.05) is 0 Å². The second-order valence-electron chi connectivity index (χ2n) is 6.28. The summed E-state index contributed by atoms with van der Waals surface area (Å²) in [5, 5.41) is 2.74. The number of hydrogen-bond acceptors (Lipinski definition) is 4. The van der Waals surface area contributed by atoms with Gasteiger partial charge in [-0.05, 0) is 41.8 Å². The van der Waals surface area contributed by atoms with Crippen LogP contribution in [0, 0.1) is 5.82 Å². The van der Waals surface area contributed by atoms with Crippen LogP contribution < -0.4 is 5.32 Å². The molecule has 1 atom stereocenters. The molecular weight excluding hydrogens is 351 g/mol. The molecule has 0 radical (unpaired) electrons. The third-order valence-electron chi connectivity index (χ3n) is 4.73. The van der Waals surface area contributed by atoms with Crippen LogP contribution in [0.4, 0.5) is 9.18 Å². The van der Waals surface area contributed by atoms with Gasteiger partial charge in [0.05, 0.1) is 19.2 Å². The number of methoxy groups -OCH3 is 1. The second kappa shape index (κ2) is 7.19. The van der Waals surface area contributed by atoms with Crippen LogP contribution >= 0.6 is 0 Å². The highest BCUT2D eigenvalue weighted by atomic mass is 19.1. The van der Waals surface area contributed by atoms with Crippen molar-refractivity contribution in [3.63, 3.8) is 0 Å². The minimum atomic E-state index is -1.23. The Bertz CT molecular complexity index is 897. The molecule has 1 aliphatic rings. The molecule has 0 spiro atoms. The Hall–Kier alpha value is -3.22. The molecule has 1 fully saturated rings. The maximum absolute atomic E-state index is 13.3. The fourth-order valence-corrected chi connectivity index (χ4v) is 3.24. The quantitative estimate of drug-likeness (QED) is 0.649. The summed E-state index contributed by atoms with van der Waals surface area (Å²) < 4.78 is 17.9. The number of rotatable bonds is 5. The van der Waals surface area contributed by atoms with E-state index in [4.69, 9.17) is 4.74 Å². The third kappa shape index (κ3) is 3.28. The minimum absolute atomic E-state index is 0.0123. The Morgan fingerprint density at radius 1 is 1.19 bits per heavy atom. The normalized spacial score (nSPS) is 19.1. The molecule has 0 aliphatic carbocycles. The van der Waals surface area contributed by atoms with E-state index in [0.29, 0.717) is 23.1 Å². The number of benzene rings is 2. The molecule has 0 bridgehead atoms. The van der Waals surface area contributed by atoms with Gasteiger partial charge in [0, 0.05) is 0 Å². The molecule has 1 N–H and O–H groups in total. The summed E-state index contributed by atoms with van der Waals surface area (Å²) in [6, 6.07) is 11.5. The molecule has 1 aliphatic heterocycles.